The number of carbonyl (C=O) groups is 1. The van der Waals surface area contributed by atoms with E-state index in [-0.39, 0.29) is 5.56 Å². The van der Waals surface area contributed by atoms with Crippen molar-refractivity contribution in [2.24, 2.45) is 0 Å². The highest BCUT2D eigenvalue weighted by atomic mass is 19.1. The van der Waals surface area contributed by atoms with Gasteiger partial charge in [0.2, 0.25) is 0 Å². The third kappa shape index (κ3) is 1.95. The Hall–Kier alpha value is -2.30. The molecule has 0 saturated carbocycles. The van der Waals surface area contributed by atoms with E-state index in [1.54, 1.807) is 18.3 Å². The summed E-state index contributed by atoms with van der Waals surface area (Å²) in [7, 11) is 0. The lowest BCUT2D eigenvalue weighted by Gasteiger charge is -2.25. The Morgan fingerprint density at radius 3 is 2.56 bits per heavy atom. The van der Waals surface area contributed by atoms with Crippen LogP contribution < -0.4 is 0 Å². The zero-order valence-corrected chi connectivity index (χ0v) is 9.67. The Kier molecular flexibility index (Phi) is 3.06. The number of carboxylic acid groups (broad SMARTS) is 1. The molecule has 2 aromatic rings. The van der Waals surface area contributed by atoms with Crippen molar-refractivity contribution in [1.82, 2.24) is 9.97 Å². The van der Waals surface area contributed by atoms with Crippen LogP contribution in [0.1, 0.15) is 18.1 Å². The molecular formula is C13H11FN2O2. The van der Waals surface area contributed by atoms with Gasteiger partial charge in [0.15, 0.2) is 0 Å². The predicted molar refractivity (Wildman–Crippen MR) is 62.5 cm³/mol. The molecule has 1 unspecified atom stereocenters. The molecule has 1 atom stereocenters. The SMILES string of the molecule is CC(C(=O)O)(c1cccnc1)c1cncc(F)c1. The first-order valence-electron chi connectivity index (χ1n) is 5.30. The minimum absolute atomic E-state index is 0.281. The largest absolute Gasteiger partial charge is 0.480 e. The van der Waals surface area contributed by atoms with Gasteiger partial charge in [-0.3, -0.25) is 14.8 Å². The maximum absolute atomic E-state index is 13.2. The van der Waals surface area contributed by atoms with E-state index in [1.807, 2.05) is 0 Å². The summed E-state index contributed by atoms with van der Waals surface area (Å²) < 4.78 is 13.2. The maximum atomic E-state index is 13.2. The van der Waals surface area contributed by atoms with E-state index in [0.717, 1.165) is 6.20 Å². The average molecular weight is 246 g/mol. The minimum Gasteiger partial charge on any atom is -0.480 e. The molecule has 0 spiro atoms. The Morgan fingerprint density at radius 1 is 1.28 bits per heavy atom. The van der Waals surface area contributed by atoms with E-state index in [9.17, 15) is 14.3 Å². The second kappa shape index (κ2) is 4.52. The van der Waals surface area contributed by atoms with Crippen LogP contribution in [0.5, 0.6) is 0 Å². The third-order valence-electron chi connectivity index (χ3n) is 2.95. The quantitative estimate of drug-likeness (QED) is 0.899. The molecule has 5 heteroatoms. The van der Waals surface area contributed by atoms with Crippen molar-refractivity contribution in [2.45, 2.75) is 12.3 Å². The van der Waals surface area contributed by atoms with E-state index in [0.29, 0.717) is 5.56 Å². The molecule has 0 aliphatic heterocycles. The number of halogens is 1. The lowest BCUT2D eigenvalue weighted by molar-refractivity contribution is -0.141. The van der Waals surface area contributed by atoms with Gasteiger partial charge in [0.25, 0.3) is 0 Å². The van der Waals surface area contributed by atoms with Crippen molar-refractivity contribution >= 4 is 5.97 Å². The Morgan fingerprint density at radius 2 is 2.00 bits per heavy atom. The fourth-order valence-corrected chi connectivity index (χ4v) is 1.76. The van der Waals surface area contributed by atoms with Gasteiger partial charge in [-0.1, -0.05) is 6.07 Å². The van der Waals surface area contributed by atoms with Crippen molar-refractivity contribution in [3.63, 3.8) is 0 Å². The molecular weight excluding hydrogens is 235 g/mol. The molecule has 4 nitrogen and oxygen atoms in total. The molecule has 18 heavy (non-hydrogen) atoms. The van der Waals surface area contributed by atoms with Gasteiger partial charge in [0, 0.05) is 18.6 Å². The van der Waals surface area contributed by atoms with Crippen LogP contribution in [-0.4, -0.2) is 21.0 Å². The van der Waals surface area contributed by atoms with E-state index >= 15 is 0 Å². The first kappa shape index (κ1) is 12.2. The lowest BCUT2D eigenvalue weighted by Crippen LogP contribution is -2.34. The van der Waals surface area contributed by atoms with Crippen LogP contribution >= 0.6 is 0 Å². The molecule has 0 saturated heterocycles. The van der Waals surface area contributed by atoms with Gasteiger partial charge in [0.1, 0.15) is 11.2 Å². The summed E-state index contributed by atoms with van der Waals surface area (Å²) in [6.07, 6.45) is 5.40. The number of aromatic nitrogens is 2. The highest BCUT2D eigenvalue weighted by molar-refractivity contribution is 5.85. The summed E-state index contributed by atoms with van der Waals surface area (Å²) in [5, 5.41) is 9.45. The van der Waals surface area contributed by atoms with Crippen molar-refractivity contribution in [3.05, 3.63) is 59.9 Å². The summed E-state index contributed by atoms with van der Waals surface area (Å²) in [6, 6.07) is 4.46. The molecule has 0 fully saturated rings. The van der Waals surface area contributed by atoms with Gasteiger partial charge in [0.05, 0.1) is 6.20 Å². The van der Waals surface area contributed by atoms with Gasteiger partial charge in [-0.15, -0.1) is 0 Å². The Labute approximate surface area is 103 Å². The number of hydrogen-bond donors (Lipinski definition) is 1. The highest BCUT2D eigenvalue weighted by Gasteiger charge is 2.38. The van der Waals surface area contributed by atoms with Crippen LogP contribution in [0.2, 0.25) is 0 Å². The van der Waals surface area contributed by atoms with Gasteiger partial charge in [-0.25, -0.2) is 4.39 Å². The van der Waals surface area contributed by atoms with Crippen molar-refractivity contribution in [3.8, 4) is 0 Å². The number of rotatable bonds is 3. The van der Waals surface area contributed by atoms with Crippen LogP contribution in [0.25, 0.3) is 0 Å². The topological polar surface area (TPSA) is 63.1 Å². The second-order valence-electron chi connectivity index (χ2n) is 4.06. The molecule has 2 aromatic heterocycles. The van der Waals surface area contributed by atoms with Crippen LogP contribution in [0.15, 0.2) is 43.0 Å². The molecule has 2 rings (SSSR count). The first-order chi connectivity index (χ1) is 8.55. The summed E-state index contributed by atoms with van der Waals surface area (Å²) in [5.41, 5.74) is -0.614. The van der Waals surface area contributed by atoms with E-state index in [2.05, 4.69) is 9.97 Å². The van der Waals surface area contributed by atoms with Crippen LogP contribution in [0.3, 0.4) is 0 Å². The zero-order chi connectivity index (χ0) is 13.2. The molecule has 92 valence electrons. The number of carboxylic acids is 1. The molecule has 0 aliphatic rings. The van der Waals surface area contributed by atoms with E-state index in [1.165, 1.54) is 25.4 Å². The van der Waals surface area contributed by atoms with E-state index < -0.39 is 17.2 Å². The fourth-order valence-electron chi connectivity index (χ4n) is 1.76. The average Bonchev–Trinajstić information content (AvgIpc) is 2.38. The summed E-state index contributed by atoms with van der Waals surface area (Å²) >= 11 is 0. The normalized spacial score (nSPS) is 13.9. The molecule has 2 heterocycles. The van der Waals surface area contributed by atoms with Crippen molar-refractivity contribution < 1.29 is 14.3 Å². The molecule has 0 aromatic carbocycles. The van der Waals surface area contributed by atoms with Gasteiger partial charge in [-0.2, -0.15) is 0 Å². The van der Waals surface area contributed by atoms with Gasteiger partial charge in [-0.05, 0) is 30.2 Å². The lowest BCUT2D eigenvalue weighted by atomic mass is 9.77. The number of hydrogen-bond acceptors (Lipinski definition) is 3. The smallest absolute Gasteiger partial charge is 0.318 e. The first-order valence-corrected chi connectivity index (χ1v) is 5.30. The minimum atomic E-state index is -1.37. The maximum Gasteiger partial charge on any atom is 0.318 e. The highest BCUT2D eigenvalue weighted by Crippen LogP contribution is 2.31. The number of nitrogens with zero attached hydrogens (tertiary/aromatic N) is 2. The number of pyridine rings is 2. The Bertz CT molecular complexity index is 574. The zero-order valence-electron chi connectivity index (χ0n) is 9.67. The van der Waals surface area contributed by atoms with Crippen molar-refractivity contribution in [1.29, 1.82) is 0 Å². The van der Waals surface area contributed by atoms with Gasteiger partial charge >= 0.3 is 5.97 Å². The second-order valence-corrected chi connectivity index (χ2v) is 4.06. The van der Waals surface area contributed by atoms with Crippen LogP contribution in [0, 0.1) is 5.82 Å². The monoisotopic (exact) mass is 246 g/mol. The Balaban J connectivity index is 2.62. The number of aliphatic carboxylic acids is 1. The fraction of sp³-hybridized carbons (Fsp3) is 0.154. The van der Waals surface area contributed by atoms with E-state index in [4.69, 9.17) is 0 Å². The van der Waals surface area contributed by atoms with Crippen molar-refractivity contribution in [2.75, 3.05) is 0 Å². The summed E-state index contributed by atoms with van der Waals surface area (Å²) in [4.78, 5) is 19.2. The molecule has 1 N–H and O–H groups in total. The summed E-state index contributed by atoms with van der Waals surface area (Å²) in [5.74, 6) is -1.65. The molecule has 0 radical (unpaired) electrons. The summed E-state index contributed by atoms with van der Waals surface area (Å²) in [6.45, 7) is 1.50. The standard InChI is InChI=1S/C13H11FN2O2/c1-13(12(17)18,9-3-2-4-15-6-9)10-5-11(14)8-16-7-10/h2-8H,1H3,(H,17,18). The van der Waals surface area contributed by atoms with Gasteiger partial charge < -0.3 is 5.11 Å². The van der Waals surface area contributed by atoms with Crippen LogP contribution in [0.4, 0.5) is 4.39 Å². The third-order valence-corrected chi connectivity index (χ3v) is 2.95. The molecule has 0 aliphatic carbocycles. The predicted octanol–water partition coefficient (Wildman–Crippen LogP) is 2.01. The molecule has 0 bridgehead atoms. The van der Waals surface area contributed by atoms with Crippen LogP contribution in [-0.2, 0) is 10.2 Å². The molecule has 0 amide bonds.